The molecule has 1 aromatic rings. The van der Waals surface area contributed by atoms with Gasteiger partial charge in [-0.2, -0.15) is 0 Å². The molecule has 0 spiro atoms. The van der Waals surface area contributed by atoms with Gasteiger partial charge in [0.15, 0.2) is 5.96 Å². The number of guanidine groups is 1. The summed E-state index contributed by atoms with van der Waals surface area (Å²) in [5.41, 5.74) is 1.24. The van der Waals surface area contributed by atoms with Gasteiger partial charge in [-0.25, -0.2) is 13.1 Å². The molecular weight excluding hydrogens is 338 g/mol. The smallest absolute Gasteiger partial charge is 0.208 e. The summed E-state index contributed by atoms with van der Waals surface area (Å²) in [5, 5.41) is 6.70. The lowest BCUT2D eigenvalue weighted by molar-refractivity contribution is 0.468. The number of sulfonamides is 1. The van der Waals surface area contributed by atoms with E-state index in [-0.39, 0.29) is 0 Å². The normalized spacial score (nSPS) is 18.9. The van der Waals surface area contributed by atoms with Crippen LogP contribution in [0.1, 0.15) is 19.8 Å². The molecule has 1 saturated heterocycles. The van der Waals surface area contributed by atoms with Crippen molar-refractivity contribution in [3.63, 3.8) is 0 Å². The molecule has 0 amide bonds. The van der Waals surface area contributed by atoms with Crippen LogP contribution in [-0.4, -0.2) is 59.4 Å². The highest BCUT2D eigenvalue weighted by Gasteiger charge is 2.20. The highest BCUT2D eigenvalue weighted by atomic mass is 32.2. The quantitative estimate of drug-likeness (QED) is 0.376. The molecule has 2 rings (SSSR count). The van der Waals surface area contributed by atoms with E-state index in [1.165, 1.54) is 5.69 Å². The summed E-state index contributed by atoms with van der Waals surface area (Å²) in [5.74, 6) is 0.734. The maximum Gasteiger partial charge on any atom is 0.208 e. The van der Waals surface area contributed by atoms with Gasteiger partial charge in [0, 0.05) is 37.9 Å². The maximum absolute atomic E-state index is 11.1. The molecule has 1 fully saturated rings. The number of nitrogens with one attached hydrogen (secondary N) is 3. The highest BCUT2D eigenvalue weighted by Crippen LogP contribution is 2.19. The lowest BCUT2D eigenvalue weighted by atomic mass is 10.1. The highest BCUT2D eigenvalue weighted by molar-refractivity contribution is 7.88. The first-order chi connectivity index (χ1) is 12.0. The predicted octanol–water partition coefficient (Wildman–Crippen LogP) is 0.760. The van der Waals surface area contributed by atoms with Crippen LogP contribution in [0.4, 0.5) is 5.69 Å². The number of para-hydroxylation sites is 1. The molecule has 0 radical (unpaired) electrons. The Labute approximate surface area is 151 Å². The van der Waals surface area contributed by atoms with Gasteiger partial charge in [0.2, 0.25) is 10.0 Å². The van der Waals surface area contributed by atoms with Crippen molar-refractivity contribution < 1.29 is 8.42 Å². The molecule has 25 heavy (non-hydrogen) atoms. The van der Waals surface area contributed by atoms with Crippen molar-refractivity contribution in [2.75, 3.05) is 43.9 Å². The SMILES string of the molecule is CCNC(=NCCNS(C)(=O)=O)NC1CCCN(c2ccccc2)C1. The number of hydrogen-bond donors (Lipinski definition) is 3. The minimum atomic E-state index is -3.17. The van der Waals surface area contributed by atoms with E-state index in [0.29, 0.717) is 19.1 Å². The summed E-state index contributed by atoms with van der Waals surface area (Å²) in [6.07, 6.45) is 3.37. The second-order valence-electron chi connectivity index (χ2n) is 6.19. The van der Waals surface area contributed by atoms with E-state index < -0.39 is 10.0 Å². The molecule has 1 aliphatic rings. The maximum atomic E-state index is 11.1. The fraction of sp³-hybridized carbons (Fsp3) is 0.588. The molecule has 140 valence electrons. The third-order valence-corrected chi connectivity index (χ3v) is 4.70. The number of benzene rings is 1. The van der Waals surface area contributed by atoms with E-state index in [4.69, 9.17) is 0 Å². The number of rotatable bonds is 7. The summed E-state index contributed by atoms with van der Waals surface area (Å²) in [4.78, 5) is 6.84. The van der Waals surface area contributed by atoms with E-state index in [1.807, 2.05) is 13.0 Å². The molecule has 3 N–H and O–H groups in total. The number of piperidine rings is 1. The van der Waals surface area contributed by atoms with Crippen molar-refractivity contribution in [3.8, 4) is 0 Å². The molecule has 1 aliphatic heterocycles. The van der Waals surface area contributed by atoms with Crippen LogP contribution < -0.4 is 20.3 Å². The Morgan fingerprint density at radius 1 is 1.32 bits per heavy atom. The molecule has 1 unspecified atom stereocenters. The zero-order chi connectivity index (χ0) is 18.1. The first-order valence-electron chi connectivity index (χ1n) is 8.77. The van der Waals surface area contributed by atoms with Crippen molar-refractivity contribution in [1.29, 1.82) is 0 Å². The van der Waals surface area contributed by atoms with Crippen LogP contribution in [0.2, 0.25) is 0 Å². The van der Waals surface area contributed by atoms with Crippen LogP contribution in [0.25, 0.3) is 0 Å². The fourth-order valence-electron chi connectivity index (χ4n) is 2.88. The first kappa shape index (κ1) is 19.5. The minimum absolute atomic E-state index is 0.302. The zero-order valence-corrected chi connectivity index (χ0v) is 15.8. The lowest BCUT2D eigenvalue weighted by Crippen LogP contribution is -2.51. The largest absolute Gasteiger partial charge is 0.369 e. The molecule has 1 aromatic carbocycles. The third-order valence-electron chi connectivity index (χ3n) is 3.97. The van der Waals surface area contributed by atoms with E-state index >= 15 is 0 Å². The van der Waals surface area contributed by atoms with Crippen LogP contribution in [0.15, 0.2) is 35.3 Å². The number of anilines is 1. The standard InChI is InChI=1S/C17H29N5O2S/c1-3-18-17(19-11-12-20-25(2,23)24)21-15-8-7-13-22(14-15)16-9-5-4-6-10-16/h4-6,9-10,15,20H,3,7-8,11-14H2,1-2H3,(H2,18,19,21). The van der Waals surface area contributed by atoms with Crippen LogP contribution in [0, 0.1) is 0 Å². The van der Waals surface area contributed by atoms with Crippen LogP contribution in [0.3, 0.4) is 0 Å². The van der Waals surface area contributed by atoms with Gasteiger partial charge in [-0.3, -0.25) is 4.99 Å². The van der Waals surface area contributed by atoms with Crippen molar-refractivity contribution in [3.05, 3.63) is 30.3 Å². The van der Waals surface area contributed by atoms with E-state index in [9.17, 15) is 8.42 Å². The van der Waals surface area contributed by atoms with Gasteiger partial charge < -0.3 is 15.5 Å². The van der Waals surface area contributed by atoms with E-state index in [0.717, 1.165) is 44.7 Å². The Morgan fingerprint density at radius 2 is 2.08 bits per heavy atom. The second kappa shape index (κ2) is 9.62. The van der Waals surface area contributed by atoms with E-state index in [2.05, 4.69) is 49.5 Å². The summed E-state index contributed by atoms with van der Waals surface area (Å²) >= 11 is 0. The van der Waals surface area contributed by atoms with Crippen molar-refractivity contribution >= 4 is 21.7 Å². The van der Waals surface area contributed by atoms with Gasteiger partial charge in [-0.15, -0.1) is 0 Å². The number of hydrogen-bond acceptors (Lipinski definition) is 4. The molecular formula is C17H29N5O2S. The second-order valence-corrected chi connectivity index (χ2v) is 8.03. The van der Waals surface area contributed by atoms with Crippen LogP contribution >= 0.6 is 0 Å². The van der Waals surface area contributed by atoms with Gasteiger partial charge in [-0.1, -0.05) is 18.2 Å². The van der Waals surface area contributed by atoms with E-state index in [1.54, 1.807) is 0 Å². The molecule has 7 nitrogen and oxygen atoms in total. The van der Waals surface area contributed by atoms with Crippen LogP contribution in [0.5, 0.6) is 0 Å². The minimum Gasteiger partial charge on any atom is -0.369 e. The average molecular weight is 368 g/mol. The summed E-state index contributed by atoms with van der Waals surface area (Å²) < 4.78 is 24.6. The Hall–Kier alpha value is -1.80. The Balaban J connectivity index is 1.89. The topological polar surface area (TPSA) is 85.8 Å². The molecule has 0 aromatic heterocycles. The van der Waals surface area contributed by atoms with Crippen molar-refractivity contribution in [2.24, 2.45) is 4.99 Å². The Bertz CT molecular complexity index is 648. The fourth-order valence-corrected chi connectivity index (χ4v) is 3.34. The van der Waals surface area contributed by atoms with Gasteiger partial charge in [0.05, 0.1) is 12.8 Å². The van der Waals surface area contributed by atoms with Gasteiger partial charge in [0.1, 0.15) is 0 Å². The number of nitrogens with zero attached hydrogens (tertiary/aromatic N) is 2. The molecule has 0 aliphatic carbocycles. The van der Waals surface area contributed by atoms with Crippen molar-refractivity contribution in [2.45, 2.75) is 25.8 Å². The summed E-state index contributed by atoms with van der Waals surface area (Å²) in [6.45, 7) is 5.47. The zero-order valence-electron chi connectivity index (χ0n) is 15.0. The molecule has 0 saturated carbocycles. The number of aliphatic imine (C=N–C) groups is 1. The lowest BCUT2D eigenvalue weighted by Gasteiger charge is -2.35. The van der Waals surface area contributed by atoms with Crippen molar-refractivity contribution in [1.82, 2.24) is 15.4 Å². The van der Waals surface area contributed by atoms with Gasteiger partial charge >= 0.3 is 0 Å². The first-order valence-corrected chi connectivity index (χ1v) is 10.7. The Morgan fingerprint density at radius 3 is 2.76 bits per heavy atom. The molecule has 0 bridgehead atoms. The monoisotopic (exact) mass is 367 g/mol. The third kappa shape index (κ3) is 7.31. The Kier molecular flexibility index (Phi) is 7.52. The summed E-state index contributed by atoms with van der Waals surface area (Å²) in [6, 6.07) is 10.7. The van der Waals surface area contributed by atoms with Gasteiger partial charge in [-0.05, 0) is 31.9 Å². The molecule has 1 heterocycles. The predicted molar refractivity (Wildman–Crippen MR) is 104 cm³/mol. The summed E-state index contributed by atoms with van der Waals surface area (Å²) in [7, 11) is -3.17. The average Bonchev–Trinajstić information content (AvgIpc) is 2.59. The van der Waals surface area contributed by atoms with Crippen LogP contribution in [-0.2, 0) is 10.0 Å². The molecule has 1 atom stereocenters. The van der Waals surface area contributed by atoms with Gasteiger partial charge in [0.25, 0.3) is 0 Å². The molecule has 8 heteroatoms.